The number of carboxylic acid groups (broad SMARTS) is 1. The minimum Gasteiger partial charge on any atom is -0.477 e. The number of nitrogen functional groups attached to an aromatic ring is 1. The number of aliphatic carboxylic acids is 1. The second-order valence-electron chi connectivity index (χ2n) is 7.04. The number of β-lactam (4-membered cyclic amide) rings is 1. The largest absolute Gasteiger partial charge is 0.477 e. The van der Waals surface area contributed by atoms with Crippen LogP contribution in [0.1, 0.15) is 12.7 Å². The minimum atomic E-state index is -1.28. The molecule has 2 aromatic heterocycles. The monoisotopic (exact) mass is 507 g/mol. The van der Waals surface area contributed by atoms with Gasteiger partial charge in [0.05, 0.1) is 0 Å². The zero-order valence-corrected chi connectivity index (χ0v) is 19.3. The summed E-state index contributed by atoms with van der Waals surface area (Å²) < 4.78 is 5.39. The normalized spacial score (nSPS) is 20.0. The maximum absolute atomic E-state index is 12.9. The average molecular weight is 508 g/mol. The van der Waals surface area contributed by atoms with Crippen molar-refractivity contribution in [3.63, 3.8) is 0 Å². The highest BCUT2D eigenvalue weighted by Gasteiger charge is 2.55. The van der Waals surface area contributed by atoms with Gasteiger partial charge in [0.2, 0.25) is 11.5 Å². The van der Waals surface area contributed by atoms with Gasteiger partial charge in [-0.3, -0.25) is 19.3 Å². The van der Waals surface area contributed by atoms with Gasteiger partial charge in [-0.05, 0) is 6.92 Å². The van der Waals surface area contributed by atoms with Gasteiger partial charge in [0.15, 0.2) is 17.9 Å². The van der Waals surface area contributed by atoms with E-state index in [1.54, 1.807) is 13.1 Å². The first kappa shape index (κ1) is 23.4. The Bertz CT molecular complexity index is 1270. The summed E-state index contributed by atoms with van der Waals surface area (Å²) >= 11 is 2.16. The average Bonchev–Trinajstić information content (AvgIpc) is 3.23. The van der Waals surface area contributed by atoms with Gasteiger partial charge in [0.25, 0.3) is 17.4 Å². The molecule has 1 unspecified atom stereocenters. The summed E-state index contributed by atoms with van der Waals surface area (Å²) in [5.41, 5.74) is 5.26. The number of carbonyl (C=O) groups excluding carboxylic acids is 2. The van der Waals surface area contributed by atoms with E-state index in [2.05, 4.69) is 24.9 Å². The zero-order valence-electron chi connectivity index (χ0n) is 17.6. The van der Waals surface area contributed by atoms with Crippen molar-refractivity contribution in [3.8, 4) is 0 Å². The summed E-state index contributed by atoms with van der Waals surface area (Å²) in [6.07, 6.45) is 1.59. The van der Waals surface area contributed by atoms with Crippen molar-refractivity contribution >= 4 is 51.9 Å². The maximum Gasteiger partial charge on any atom is 0.352 e. The number of hydrogen-bond donors (Lipinski definition) is 4. The van der Waals surface area contributed by atoms with Crippen LogP contribution in [0.5, 0.6) is 0 Å². The number of H-pyrrole nitrogens is 1. The van der Waals surface area contributed by atoms with E-state index >= 15 is 0 Å². The molecule has 2 atom stereocenters. The van der Waals surface area contributed by atoms with Crippen molar-refractivity contribution in [3.05, 3.63) is 45.8 Å². The molecule has 2 aliphatic heterocycles. The van der Waals surface area contributed by atoms with Crippen LogP contribution in [-0.2, 0) is 25.8 Å². The van der Waals surface area contributed by atoms with Crippen LogP contribution in [0.15, 0.2) is 39.5 Å². The molecule has 0 saturated carbocycles. The second-order valence-corrected chi connectivity index (χ2v) is 8.93. The number of hydrogen-bond acceptors (Lipinski definition) is 11. The number of fused-ring (bicyclic) bond motifs is 1. The molecule has 34 heavy (non-hydrogen) atoms. The summed E-state index contributed by atoms with van der Waals surface area (Å²) in [7, 11) is 0. The molecule has 0 spiro atoms. The molecule has 2 aliphatic rings. The highest BCUT2D eigenvalue weighted by atomic mass is 32.2. The Morgan fingerprint density at radius 1 is 1.47 bits per heavy atom. The molecule has 14 nitrogen and oxygen atoms in total. The number of nitrogens with zero attached hydrogens (tertiary/aromatic N) is 5. The third-order valence-electron chi connectivity index (χ3n) is 4.82. The molecule has 5 N–H and O–H groups in total. The number of thioether (sulfide) groups is 1. The number of amides is 2. The van der Waals surface area contributed by atoms with Crippen LogP contribution in [0.3, 0.4) is 0 Å². The fraction of sp³-hybridized carbons (Fsp3) is 0.333. The lowest BCUT2D eigenvalue weighted by Crippen LogP contribution is -2.71. The predicted molar refractivity (Wildman–Crippen MR) is 119 cm³/mol. The Morgan fingerprint density at radius 2 is 2.26 bits per heavy atom. The first-order valence-electron chi connectivity index (χ1n) is 9.89. The highest BCUT2D eigenvalue weighted by molar-refractivity contribution is 8.00. The van der Waals surface area contributed by atoms with Crippen molar-refractivity contribution in [2.24, 2.45) is 5.16 Å². The molecule has 0 radical (unpaired) electrons. The molecule has 1 saturated heterocycles. The van der Waals surface area contributed by atoms with E-state index < -0.39 is 29.2 Å². The number of carboxylic acids is 1. The first-order valence-corrected chi connectivity index (χ1v) is 11.7. The quantitative estimate of drug-likeness (QED) is 0.138. The topological polar surface area (TPSA) is 197 Å². The van der Waals surface area contributed by atoms with E-state index in [1.165, 1.54) is 28.6 Å². The van der Waals surface area contributed by atoms with Gasteiger partial charge < -0.3 is 21.0 Å². The van der Waals surface area contributed by atoms with E-state index in [-0.39, 0.29) is 46.8 Å². The van der Waals surface area contributed by atoms with E-state index in [9.17, 15) is 24.3 Å². The van der Waals surface area contributed by atoms with Crippen molar-refractivity contribution in [1.29, 1.82) is 0 Å². The van der Waals surface area contributed by atoms with Gasteiger partial charge in [0.1, 0.15) is 23.7 Å². The number of anilines is 1. The van der Waals surface area contributed by atoms with Gasteiger partial charge in [-0.25, -0.2) is 4.79 Å². The Kier molecular flexibility index (Phi) is 6.60. The van der Waals surface area contributed by atoms with Crippen LogP contribution in [0, 0.1) is 0 Å². The zero-order chi connectivity index (χ0) is 24.4. The molecule has 0 aromatic carbocycles. The minimum absolute atomic E-state index is 0.0457. The molecule has 178 valence electrons. The number of carbonyl (C=O) groups is 3. The Hall–Kier alpha value is -3.79. The molecule has 0 aliphatic carbocycles. The molecule has 2 amide bonds. The fourth-order valence-corrected chi connectivity index (χ4v) is 5.18. The number of oxime groups is 1. The number of aromatic amines is 1. The van der Waals surface area contributed by atoms with Gasteiger partial charge >= 0.3 is 5.97 Å². The summed E-state index contributed by atoms with van der Waals surface area (Å²) in [5.74, 6) is -2.40. The smallest absolute Gasteiger partial charge is 0.352 e. The van der Waals surface area contributed by atoms with Crippen LogP contribution in [0.4, 0.5) is 5.13 Å². The molecular formula is C18H19N8O6S2+. The third kappa shape index (κ3) is 4.49. The molecule has 4 heterocycles. The summed E-state index contributed by atoms with van der Waals surface area (Å²) in [6.45, 7) is 1.94. The summed E-state index contributed by atoms with van der Waals surface area (Å²) in [6, 6.07) is 1.88. The first-order chi connectivity index (χ1) is 16.3. The number of aromatic nitrogens is 4. The van der Waals surface area contributed by atoms with Crippen molar-refractivity contribution in [2.75, 3.05) is 18.1 Å². The standard InChI is InChI=1S/C18H18N8O6S2/c1-2-32-23-10(13-21-18(19)34-24-13)14(28)20-11-15(29)26-12(17(30)31)8(7-33-16(11)26)6-25-5-3-4-9(27)22-25/h3-5,11,16H,2,6-7H2,1H3,(H4-,19,20,21,22,24,27,28,30,31)/p+1/t11?,16-/m1/s1. The molecule has 2 aromatic rings. The molecule has 0 bridgehead atoms. The second kappa shape index (κ2) is 9.60. The van der Waals surface area contributed by atoms with Crippen molar-refractivity contribution in [1.82, 2.24) is 24.7 Å². The lowest BCUT2D eigenvalue weighted by atomic mass is 10.0. The third-order valence-corrected chi connectivity index (χ3v) is 6.70. The van der Waals surface area contributed by atoms with Crippen LogP contribution in [-0.4, -0.2) is 71.7 Å². The Labute approximate surface area is 199 Å². The van der Waals surface area contributed by atoms with E-state index in [4.69, 9.17) is 10.6 Å². The fourth-order valence-electron chi connectivity index (χ4n) is 3.41. The van der Waals surface area contributed by atoms with Crippen molar-refractivity contribution < 1.29 is 29.0 Å². The van der Waals surface area contributed by atoms with Crippen LogP contribution < -0.4 is 21.3 Å². The summed E-state index contributed by atoms with van der Waals surface area (Å²) in [5, 5.41) is 18.2. The van der Waals surface area contributed by atoms with Crippen LogP contribution >= 0.6 is 23.3 Å². The van der Waals surface area contributed by atoms with E-state index in [0.717, 1.165) is 16.4 Å². The maximum atomic E-state index is 12.9. The van der Waals surface area contributed by atoms with E-state index in [0.29, 0.717) is 5.57 Å². The Morgan fingerprint density at radius 3 is 2.91 bits per heavy atom. The molecule has 16 heteroatoms. The van der Waals surface area contributed by atoms with Crippen molar-refractivity contribution in [2.45, 2.75) is 24.9 Å². The van der Waals surface area contributed by atoms with Gasteiger partial charge in [-0.2, -0.15) is 9.36 Å². The molecule has 1 fully saturated rings. The van der Waals surface area contributed by atoms with E-state index in [1.807, 2.05) is 0 Å². The van der Waals surface area contributed by atoms with Gasteiger partial charge in [0, 0.05) is 35.0 Å². The van der Waals surface area contributed by atoms with Gasteiger partial charge in [-0.1, -0.05) is 5.16 Å². The van der Waals surface area contributed by atoms with Crippen LogP contribution in [0.25, 0.3) is 0 Å². The SMILES string of the molecule is CCON=C(C(=O)NC1C(=O)N2C(C(=O)O)=C(C[n+]3cccc(=O)[nH]3)CS[C@H]12)c1nsc(N)n1. The highest BCUT2D eigenvalue weighted by Crippen LogP contribution is 2.40. The number of nitrogens with one attached hydrogen (secondary N) is 2. The van der Waals surface area contributed by atoms with Crippen LogP contribution in [0.2, 0.25) is 0 Å². The predicted octanol–water partition coefficient (Wildman–Crippen LogP) is -1.72. The molecular weight excluding hydrogens is 488 g/mol. The lowest BCUT2D eigenvalue weighted by molar-refractivity contribution is -0.748. The lowest BCUT2D eigenvalue weighted by Gasteiger charge is -2.49. The summed E-state index contributed by atoms with van der Waals surface area (Å²) in [4.78, 5) is 59.3. The number of rotatable bonds is 8. The molecule has 4 rings (SSSR count). The Balaban J connectivity index is 1.54. The van der Waals surface area contributed by atoms with Gasteiger partial charge in [-0.15, -0.1) is 21.5 Å². The number of nitrogens with two attached hydrogens (primary N) is 1.